The van der Waals surface area contributed by atoms with Crippen LogP contribution >= 0.6 is 0 Å². The fourth-order valence-electron chi connectivity index (χ4n) is 2.05. The quantitative estimate of drug-likeness (QED) is 0.921. The molecule has 0 unspecified atom stereocenters. The molecular weight excluding hydrogens is 247 g/mol. The third kappa shape index (κ3) is 2.65. The Morgan fingerprint density at radius 1 is 1.47 bits per heavy atom. The Kier molecular flexibility index (Phi) is 3.64. The van der Waals surface area contributed by atoms with E-state index in [4.69, 9.17) is 5.11 Å². The van der Waals surface area contributed by atoms with Crippen molar-refractivity contribution in [3.05, 3.63) is 41.5 Å². The van der Waals surface area contributed by atoms with Crippen LogP contribution in [0.2, 0.25) is 0 Å². The SMILES string of the molecule is CCCc1nn(C)cc1-c1ccc(F)c(C(=O)O)c1. The second-order valence-corrected chi connectivity index (χ2v) is 4.41. The Bertz CT molecular complexity index is 620. The molecule has 1 N–H and O–H groups in total. The van der Waals surface area contributed by atoms with Crippen LogP contribution < -0.4 is 0 Å². The van der Waals surface area contributed by atoms with Crippen molar-refractivity contribution in [3.8, 4) is 11.1 Å². The molecule has 0 fully saturated rings. The summed E-state index contributed by atoms with van der Waals surface area (Å²) in [5.74, 6) is -1.99. The van der Waals surface area contributed by atoms with Crippen molar-refractivity contribution in [1.29, 1.82) is 0 Å². The Hall–Kier alpha value is -2.17. The van der Waals surface area contributed by atoms with Gasteiger partial charge in [0, 0.05) is 18.8 Å². The summed E-state index contributed by atoms with van der Waals surface area (Å²) in [6.45, 7) is 2.05. The van der Waals surface area contributed by atoms with Gasteiger partial charge in [0.1, 0.15) is 5.82 Å². The molecule has 0 aliphatic rings. The number of aromatic nitrogens is 2. The number of rotatable bonds is 4. The van der Waals surface area contributed by atoms with E-state index in [1.165, 1.54) is 12.1 Å². The Morgan fingerprint density at radius 3 is 2.84 bits per heavy atom. The van der Waals surface area contributed by atoms with E-state index in [0.717, 1.165) is 24.1 Å². The van der Waals surface area contributed by atoms with Crippen molar-refractivity contribution >= 4 is 5.97 Å². The molecule has 0 saturated carbocycles. The molecule has 0 saturated heterocycles. The molecular formula is C14H15FN2O2. The number of carboxylic acid groups (broad SMARTS) is 1. The summed E-state index contributed by atoms with van der Waals surface area (Å²) in [5.41, 5.74) is 2.11. The predicted molar refractivity (Wildman–Crippen MR) is 69.6 cm³/mol. The number of aromatic carboxylic acids is 1. The van der Waals surface area contributed by atoms with Crippen LogP contribution in [0.1, 0.15) is 29.4 Å². The van der Waals surface area contributed by atoms with Gasteiger partial charge in [-0.1, -0.05) is 19.4 Å². The minimum Gasteiger partial charge on any atom is -0.478 e. The molecule has 19 heavy (non-hydrogen) atoms. The van der Waals surface area contributed by atoms with Crippen LogP contribution in [0.5, 0.6) is 0 Å². The van der Waals surface area contributed by atoms with E-state index in [0.29, 0.717) is 5.56 Å². The summed E-state index contributed by atoms with van der Waals surface area (Å²) in [4.78, 5) is 11.0. The second-order valence-electron chi connectivity index (χ2n) is 4.41. The highest BCUT2D eigenvalue weighted by molar-refractivity contribution is 5.89. The minimum absolute atomic E-state index is 0.316. The number of nitrogens with zero attached hydrogens (tertiary/aromatic N) is 2. The van der Waals surface area contributed by atoms with Crippen molar-refractivity contribution in [3.63, 3.8) is 0 Å². The number of hydrogen-bond acceptors (Lipinski definition) is 2. The first-order valence-electron chi connectivity index (χ1n) is 6.08. The van der Waals surface area contributed by atoms with Crippen LogP contribution in [0.4, 0.5) is 4.39 Å². The zero-order chi connectivity index (χ0) is 14.0. The summed E-state index contributed by atoms with van der Waals surface area (Å²) in [5, 5.41) is 13.3. The molecule has 0 amide bonds. The van der Waals surface area contributed by atoms with Crippen LogP contribution in [0.3, 0.4) is 0 Å². The summed E-state index contributed by atoms with van der Waals surface area (Å²) in [6.07, 6.45) is 3.57. The van der Waals surface area contributed by atoms with Gasteiger partial charge >= 0.3 is 5.97 Å². The molecule has 1 aromatic heterocycles. The average Bonchev–Trinajstić information content (AvgIpc) is 2.71. The molecule has 2 rings (SSSR count). The minimum atomic E-state index is -1.26. The zero-order valence-electron chi connectivity index (χ0n) is 10.9. The van der Waals surface area contributed by atoms with Crippen molar-refractivity contribution < 1.29 is 14.3 Å². The van der Waals surface area contributed by atoms with Gasteiger partial charge in [0.15, 0.2) is 0 Å². The number of halogens is 1. The molecule has 4 nitrogen and oxygen atoms in total. The van der Waals surface area contributed by atoms with Gasteiger partial charge in [0.2, 0.25) is 0 Å². The second kappa shape index (κ2) is 5.22. The maximum Gasteiger partial charge on any atom is 0.338 e. The van der Waals surface area contributed by atoms with Crippen LogP contribution in [0, 0.1) is 5.82 Å². The lowest BCUT2D eigenvalue weighted by Gasteiger charge is -2.04. The molecule has 0 aliphatic carbocycles. The molecule has 100 valence electrons. The van der Waals surface area contributed by atoms with E-state index in [-0.39, 0.29) is 5.56 Å². The lowest BCUT2D eigenvalue weighted by molar-refractivity contribution is 0.0692. The van der Waals surface area contributed by atoms with Crippen LogP contribution in [0.25, 0.3) is 11.1 Å². The molecule has 0 atom stereocenters. The summed E-state index contributed by atoms with van der Waals surface area (Å²) >= 11 is 0. The third-order valence-electron chi connectivity index (χ3n) is 2.90. The third-order valence-corrected chi connectivity index (χ3v) is 2.90. The topological polar surface area (TPSA) is 55.1 Å². The Labute approximate surface area is 110 Å². The van der Waals surface area contributed by atoms with Gasteiger partial charge in [0.05, 0.1) is 11.3 Å². The van der Waals surface area contributed by atoms with Gasteiger partial charge in [-0.2, -0.15) is 5.10 Å². The lowest BCUT2D eigenvalue weighted by atomic mass is 10.0. The standard InChI is InChI=1S/C14H15FN2O2/c1-3-4-13-11(8-17(2)16-13)9-5-6-12(15)10(7-9)14(18)19/h5-8H,3-4H2,1-2H3,(H,18,19). The first-order valence-corrected chi connectivity index (χ1v) is 6.08. The number of carboxylic acids is 1. The first-order chi connectivity index (χ1) is 9.02. The lowest BCUT2D eigenvalue weighted by Crippen LogP contribution is -2.00. The highest BCUT2D eigenvalue weighted by Crippen LogP contribution is 2.26. The van der Waals surface area contributed by atoms with Crippen molar-refractivity contribution in [1.82, 2.24) is 9.78 Å². The summed E-state index contributed by atoms with van der Waals surface area (Å²) in [7, 11) is 1.81. The smallest absolute Gasteiger partial charge is 0.338 e. The Morgan fingerprint density at radius 2 is 2.21 bits per heavy atom. The van der Waals surface area contributed by atoms with Crippen molar-refractivity contribution in [2.24, 2.45) is 7.05 Å². The van der Waals surface area contributed by atoms with E-state index < -0.39 is 11.8 Å². The van der Waals surface area contributed by atoms with Gasteiger partial charge in [-0.25, -0.2) is 9.18 Å². The van der Waals surface area contributed by atoms with Crippen LogP contribution in [-0.4, -0.2) is 20.9 Å². The zero-order valence-corrected chi connectivity index (χ0v) is 10.9. The predicted octanol–water partition coefficient (Wildman–Crippen LogP) is 2.88. The van der Waals surface area contributed by atoms with E-state index >= 15 is 0 Å². The van der Waals surface area contributed by atoms with Gasteiger partial charge in [-0.3, -0.25) is 4.68 Å². The van der Waals surface area contributed by atoms with Gasteiger partial charge in [0.25, 0.3) is 0 Å². The van der Waals surface area contributed by atoms with E-state index in [2.05, 4.69) is 5.10 Å². The van der Waals surface area contributed by atoms with E-state index in [9.17, 15) is 9.18 Å². The fourth-order valence-corrected chi connectivity index (χ4v) is 2.05. The van der Waals surface area contributed by atoms with E-state index in [1.807, 2.05) is 20.2 Å². The normalized spacial score (nSPS) is 10.7. The van der Waals surface area contributed by atoms with Crippen LogP contribution in [-0.2, 0) is 13.5 Å². The summed E-state index contributed by atoms with van der Waals surface area (Å²) in [6, 6.07) is 4.12. The molecule has 0 radical (unpaired) electrons. The average molecular weight is 262 g/mol. The van der Waals surface area contributed by atoms with Gasteiger partial charge in [-0.15, -0.1) is 0 Å². The monoisotopic (exact) mass is 262 g/mol. The number of hydrogen-bond donors (Lipinski definition) is 1. The molecule has 0 spiro atoms. The number of carbonyl (C=O) groups is 1. The molecule has 2 aromatic rings. The number of aryl methyl sites for hydroxylation is 2. The van der Waals surface area contributed by atoms with Gasteiger partial charge < -0.3 is 5.11 Å². The van der Waals surface area contributed by atoms with Crippen LogP contribution in [0.15, 0.2) is 24.4 Å². The molecule has 0 aliphatic heterocycles. The largest absolute Gasteiger partial charge is 0.478 e. The number of benzene rings is 1. The van der Waals surface area contributed by atoms with Gasteiger partial charge in [-0.05, 0) is 24.1 Å². The maximum absolute atomic E-state index is 13.4. The fraction of sp³-hybridized carbons (Fsp3) is 0.286. The first kappa shape index (κ1) is 13.3. The molecule has 5 heteroatoms. The van der Waals surface area contributed by atoms with Crippen molar-refractivity contribution in [2.45, 2.75) is 19.8 Å². The highest BCUT2D eigenvalue weighted by Gasteiger charge is 2.15. The molecule has 1 heterocycles. The maximum atomic E-state index is 13.4. The summed E-state index contributed by atoms with van der Waals surface area (Å²) < 4.78 is 15.1. The highest BCUT2D eigenvalue weighted by atomic mass is 19.1. The van der Waals surface area contributed by atoms with Crippen molar-refractivity contribution in [2.75, 3.05) is 0 Å². The molecule has 0 bridgehead atoms. The molecule has 1 aromatic carbocycles. The Balaban J connectivity index is 2.52. The van der Waals surface area contributed by atoms with E-state index in [1.54, 1.807) is 10.7 Å².